The Labute approximate surface area is 152 Å². The molecule has 0 saturated heterocycles. The van der Waals surface area contributed by atoms with Gasteiger partial charge in [0.1, 0.15) is 11.3 Å². The van der Waals surface area contributed by atoms with E-state index < -0.39 is 0 Å². The summed E-state index contributed by atoms with van der Waals surface area (Å²) in [5.41, 5.74) is 1.94. The van der Waals surface area contributed by atoms with Gasteiger partial charge in [0.25, 0.3) is 5.56 Å². The van der Waals surface area contributed by atoms with Gasteiger partial charge in [-0.25, -0.2) is 4.68 Å². The van der Waals surface area contributed by atoms with Crippen molar-refractivity contribution in [1.29, 1.82) is 0 Å². The van der Waals surface area contributed by atoms with Gasteiger partial charge in [-0.3, -0.25) is 14.0 Å². The van der Waals surface area contributed by atoms with Crippen LogP contribution in [0.3, 0.4) is 0 Å². The minimum absolute atomic E-state index is 0.0238. The molecular formula is C19H26N4O3. The smallest absolute Gasteiger partial charge is 0.291 e. The van der Waals surface area contributed by atoms with E-state index in [-0.39, 0.29) is 11.5 Å². The molecule has 0 aliphatic heterocycles. The van der Waals surface area contributed by atoms with Gasteiger partial charge in [-0.2, -0.15) is 5.10 Å². The highest BCUT2D eigenvalue weighted by atomic mass is 16.3. The fourth-order valence-electron chi connectivity index (χ4n) is 3.08. The Morgan fingerprint density at radius 1 is 1.35 bits per heavy atom. The molecule has 140 valence electrons. The van der Waals surface area contributed by atoms with E-state index in [1.54, 1.807) is 12.3 Å². The van der Waals surface area contributed by atoms with E-state index in [0.29, 0.717) is 49.4 Å². The Kier molecular flexibility index (Phi) is 5.44. The molecule has 7 heteroatoms. The van der Waals surface area contributed by atoms with E-state index in [0.717, 1.165) is 17.8 Å². The fourth-order valence-corrected chi connectivity index (χ4v) is 3.08. The zero-order valence-corrected chi connectivity index (χ0v) is 15.6. The summed E-state index contributed by atoms with van der Waals surface area (Å²) >= 11 is 0. The van der Waals surface area contributed by atoms with Gasteiger partial charge >= 0.3 is 0 Å². The maximum atomic E-state index is 12.7. The second-order valence-electron chi connectivity index (χ2n) is 6.97. The van der Waals surface area contributed by atoms with Crippen molar-refractivity contribution in [3.05, 3.63) is 34.6 Å². The highest BCUT2D eigenvalue weighted by Crippen LogP contribution is 2.20. The number of carbonyl (C=O) groups is 1. The third-order valence-electron chi connectivity index (χ3n) is 4.50. The molecule has 0 radical (unpaired) electrons. The van der Waals surface area contributed by atoms with E-state index >= 15 is 0 Å². The van der Waals surface area contributed by atoms with Crippen LogP contribution in [0.2, 0.25) is 0 Å². The molecule has 3 aromatic rings. The summed E-state index contributed by atoms with van der Waals surface area (Å²) in [5, 5.41) is 7.41. The van der Waals surface area contributed by atoms with Gasteiger partial charge in [-0.15, -0.1) is 0 Å². The van der Waals surface area contributed by atoms with Gasteiger partial charge < -0.3 is 9.73 Å². The molecule has 0 unspecified atom stereocenters. The zero-order valence-electron chi connectivity index (χ0n) is 15.6. The molecule has 0 aliphatic carbocycles. The quantitative estimate of drug-likeness (QED) is 0.671. The predicted octanol–water partition coefficient (Wildman–Crippen LogP) is 2.75. The number of nitrogens with one attached hydrogen (secondary N) is 1. The molecule has 7 nitrogen and oxygen atoms in total. The van der Waals surface area contributed by atoms with Gasteiger partial charge in [-0.1, -0.05) is 20.8 Å². The van der Waals surface area contributed by atoms with E-state index in [2.05, 4.69) is 24.3 Å². The van der Waals surface area contributed by atoms with Crippen LogP contribution in [0.1, 0.15) is 45.9 Å². The van der Waals surface area contributed by atoms with Crippen LogP contribution in [0, 0.1) is 5.92 Å². The molecule has 0 fully saturated rings. The summed E-state index contributed by atoms with van der Waals surface area (Å²) in [6, 6.07) is 3.60. The van der Waals surface area contributed by atoms with Crippen LogP contribution >= 0.6 is 0 Å². The number of carbonyl (C=O) groups excluding carboxylic acids is 1. The highest BCUT2D eigenvalue weighted by molar-refractivity contribution is 5.82. The van der Waals surface area contributed by atoms with Crippen LogP contribution in [0.4, 0.5) is 0 Å². The van der Waals surface area contributed by atoms with Crippen molar-refractivity contribution in [3.63, 3.8) is 0 Å². The van der Waals surface area contributed by atoms with Crippen LogP contribution in [-0.2, 0) is 17.8 Å². The van der Waals surface area contributed by atoms with Gasteiger partial charge in [0.2, 0.25) is 5.91 Å². The number of hydrogen-bond acceptors (Lipinski definition) is 4. The number of fused-ring (bicyclic) bond motifs is 3. The van der Waals surface area contributed by atoms with Crippen molar-refractivity contribution in [2.24, 2.45) is 5.92 Å². The first kappa shape index (κ1) is 18.2. The van der Waals surface area contributed by atoms with Crippen LogP contribution in [-0.4, -0.2) is 26.6 Å². The predicted molar refractivity (Wildman–Crippen MR) is 100 cm³/mol. The van der Waals surface area contributed by atoms with Crippen molar-refractivity contribution >= 4 is 22.5 Å². The first-order chi connectivity index (χ1) is 12.5. The average Bonchev–Trinajstić information content (AvgIpc) is 3.18. The Balaban J connectivity index is 1.71. The molecule has 0 atom stereocenters. The molecule has 3 rings (SSSR count). The van der Waals surface area contributed by atoms with E-state index in [4.69, 9.17) is 4.42 Å². The molecule has 1 N–H and O–H groups in total. The Morgan fingerprint density at radius 3 is 2.88 bits per heavy atom. The van der Waals surface area contributed by atoms with Gasteiger partial charge in [0, 0.05) is 38.1 Å². The Hall–Kier alpha value is -2.57. The van der Waals surface area contributed by atoms with Gasteiger partial charge in [-0.05, 0) is 18.8 Å². The third kappa shape index (κ3) is 3.66. The normalized spacial score (nSPS) is 11.7. The molecule has 0 spiro atoms. The largest absolute Gasteiger partial charge is 0.463 e. The summed E-state index contributed by atoms with van der Waals surface area (Å²) < 4.78 is 8.74. The summed E-state index contributed by atoms with van der Waals surface area (Å²) in [5.74, 6) is 1.40. The van der Waals surface area contributed by atoms with Crippen molar-refractivity contribution in [2.45, 2.75) is 53.0 Å². The van der Waals surface area contributed by atoms with Gasteiger partial charge in [0.15, 0.2) is 5.58 Å². The molecule has 26 heavy (non-hydrogen) atoms. The molecule has 0 saturated carbocycles. The van der Waals surface area contributed by atoms with E-state index in [9.17, 15) is 9.59 Å². The number of furan rings is 1. The summed E-state index contributed by atoms with van der Waals surface area (Å²) in [6.07, 6.45) is 4.25. The third-order valence-corrected chi connectivity index (χ3v) is 4.50. The lowest BCUT2D eigenvalue weighted by Gasteiger charge is -2.10. The summed E-state index contributed by atoms with van der Waals surface area (Å²) in [4.78, 5) is 24.6. The summed E-state index contributed by atoms with van der Waals surface area (Å²) in [7, 11) is 0. The first-order valence-electron chi connectivity index (χ1n) is 9.26. The van der Waals surface area contributed by atoms with Crippen molar-refractivity contribution in [1.82, 2.24) is 19.5 Å². The van der Waals surface area contributed by atoms with Crippen LogP contribution < -0.4 is 10.9 Å². The molecule has 0 aliphatic rings. The molecule has 0 bridgehead atoms. The fraction of sp³-hybridized carbons (Fsp3) is 0.526. The molecule has 1 amide bonds. The number of aryl methyl sites for hydroxylation is 2. The number of aromatic nitrogens is 3. The topological polar surface area (TPSA) is 81.5 Å². The van der Waals surface area contributed by atoms with Crippen LogP contribution in [0.15, 0.2) is 27.6 Å². The average molecular weight is 358 g/mol. The van der Waals surface area contributed by atoms with Crippen molar-refractivity contribution in [3.8, 4) is 0 Å². The lowest BCUT2D eigenvalue weighted by molar-refractivity contribution is -0.121. The molecular weight excluding hydrogens is 332 g/mol. The maximum Gasteiger partial charge on any atom is 0.291 e. The van der Waals surface area contributed by atoms with Crippen molar-refractivity contribution < 1.29 is 9.21 Å². The molecule has 3 heterocycles. The van der Waals surface area contributed by atoms with Gasteiger partial charge in [0.05, 0.1) is 11.8 Å². The van der Waals surface area contributed by atoms with E-state index in [1.807, 2.05) is 17.4 Å². The highest BCUT2D eigenvalue weighted by Gasteiger charge is 2.15. The SMILES string of the molecule is CCc1nn(CCCC(=O)NCCC(C)C)c(=O)c2cc3occc3n12. The maximum absolute atomic E-state index is 12.7. The number of amides is 1. The Morgan fingerprint density at radius 2 is 2.15 bits per heavy atom. The molecule has 3 aromatic heterocycles. The number of hydrogen-bond donors (Lipinski definition) is 1. The standard InChI is InChI=1S/C19H26N4O3/c1-4-17-21-22(10-5-6-18(24)20-9-7-13(2)3)19(25)15-12-16-14(23(15)17)8-11-26-16/h8,11-13H,4-7,9-10H2,1-3H3,(H,20,24). The Bertz CT molecular complexity index is 964. The van der Waals surface area contributed by atoms with Crippen molar-refractivity contribution in [2.75, 3.05) is 6.54 Å². The first-order valence-corrected chi connectivity index (χ1v) is 9.26. The number of rotatable bonds is 8. The lowest BCUT2D eigenvalue weighted by Crippen LogP contribution is -2.29. The van der Waals surface area contributed by atoms with Crippen LogP contribution in [0.5, 0.6) is 0 Å². The minimum atomic E-state index is -0.159. The minimum Gasteiger partial charge on any atom is -0.463 e. The second-order valence-corrected chi connectivity index (χ2v) is 6.97. The molecule has 0 aromatic carbocycles. The second kappa shape index (κ2) is 7.76. The summed E-state index contributed by atoms with van der Waals surface area (Å²) in [6.45, 7) is 7.38. The number of nitrogens with zero attached hydrogens (tertiary/aromatic N) is 3. The van der Waals surface area contributed by atoms with Crippen LogP contribution in [0.25, 0.3) is 16.6 Å². The zero-order chi connectivity index (χ0) is 18.7. The monoisotopic (exact) mass is 358 g/mol. The lowest BCUT2D eigenvalue weighted by atomic mass is 10.1. The van der Waals surface area contributed by atoms with E-state index in [1.165, 1.54) is 4.68 Å².